The SMILES string of the molecule is O=C(Nc1cc(C(F)(F)F)ccc1F)N(C[C@H]1CCCO1)[C@H]1CCS(=O)(=O)C1. The van der Waals surface area contributed by atoms with Crippen LogP contribution >= 0.6 is 0 Å². The van der Waals surface area contributed by atoms with Crippen molar-refractivity contribution < 1.29 is 35.5 Å². The third-order valence-corrected chi connectivity index (χ3v) is 6.62. The highest BCUT2D eigenvalue weighted by Crippen LogP contribution is 2.32. The van der Waals surface area contributed by atoms with Crippen LogP contribution in [0.3, 0.4) is 0 Å². The van der Waals surface area contributed by atoms with Crippen molar-refractivity contribution in [2.45, 2.75) is 37.6 Å². The third-order valence-electron chi connectivity index (χ3n) is 4.87. The molecule has 0 aliphatic carbocycles. The van der Waals surface area contributed by atoms with Crippen LogP contribution in [-0.4, -0.2) is 56.2 Å². The second-order valence-electron chi connectivity index (χ2n) is 6.97. The molecule has 2 atom stereocenters. The first kappa shape index (κ1) is 20.8. The summed E-state index contributed by atoms with van der Waals surface area (Å²) in [6.45, 7) is 0.609. The molecule has 0 radical (unpaired) electrons. The minimum Gasteiger partial charge on any atom is -0.376 e. The highest BCUT2D eigenvalue weighted by Gasteiger charge is 2.37. The number of amides is 2. The van der Waals surface area contributed by atoms with Gasteiger partial charge in [0.05, 0.1) is 28.9 Å². The molecule has 0 aromatic heterocycles. The number of urea groups is 1. The monoisotopic (exact) mass is 424 g/mol. The lowest BCUT2D eigenvalue weighted by Crippen LogP contribution is -2.47. The number of hydrogen-bond donors (Lipinski definition) is 1. The molecule has 2 aliphatic rings. The molecule has 0 unspecified atom stereocenters. The van der Waals surface area contributed by atoms with E-state index in [1.807, 2.05) is 0 Å². The van der Waals surface area contributed by atoms with Gasteiger partial charge in [-0.3, -0.25) is 0 Å². The number of benzene rings is 1. The Kier molecular flexibility index (Phi) is 5.85. The van der Waals surface area contributed by atoms with Crippen LogP contribution in [0.25, 0.3) is 0 Å². The molecule has 3 rings (SSSR count). The molecule has 0 spiro atoms. The van der Waals surface area contributed by atoms with Crippen LogP contribution in [0.15, 0.2) is 18.2 Å². The Morgan fingerprint density at radius 1 is 1.29 bits per heavy atom. The summed E-state index contributed by atoms with van der Waals surface area (Å²) >= 11 is 0. The zero-order valence-corrected chi connectivity index (χ0v) is 15.7. The number of carbonyl (C=O) groups excluding carboxylic acids is 1. The molecule has 0 saturated carbocycles. The lowest BCUT2D eigenvalue weighted by molar-refractivity contribution is -0.137. The van der Waals surface area contributed by atoms with Gasteiger partial charge in [-0.1, -0.05) is 0 Å². The van der Waals surface area contributed by atoms with E-state index in [1.165, 1.54) is 4.90 Å². The fourth-order valence-electron chi connectivity index (χ4n) is 3.41. The Morgan fingerprint density at radius 3 is 2.61 bits per heavy atom. The van der Waals surface area contributed by atoms with E-state index < -0.39 is 45.2 Å². The number of nitrogens with one attached hydrogen (secondary N) is 1. The molecule has 11 heteroatoms. The fourth-order valence-corrected chi connectivity index (χ4v) is 5.14. The van der Waals surface area contributed by atoms with Gasteiger partial charge in [-0.05, 0) is 37.5 Å². The van der Waals surface area contributed by atoms with Gasteiger partial charge in [0, 0.05) is 19.2 Å². The average Bonchev–Trinajstić information content (AvgIpc) is 3.22. The van der Waals surface area contributed by atoms with Gasteiger partial charge in [-0.15, -0.1) is 0 Å². The summed E-state index contributed by atoms with van der Waals surface area (Å²) in [5.41, 5.74) is -1.71. The third kappa shape index (κ3) is 4.93. The van der Waals surface area contributed by atoms with Gasteiger partial charge in [0.1, 0.15) is 5.82 Å². The van der Waals surface area contributed by atoms with Crippen molar-refractivity contribution in [3.05, 3.63) is 29.6 Å². The molecular weight excluding hydrogens is 404 g/mol. The van der Waals surface area contributed by atoms with Crippen molar-refractivity contribution in [3.8, 4) is 0 Å². The molecule has 2 aliphatic heterocycles. The molecule has 1 aromatic carbocycles. The molecule has 28 heavy (non-hydrogen) atoms. The van der Waals surface area contributed by atoms with Crippen molar-refractivity contribution in [1.82, 2.24) is 4.90 Å². The van der Waals surface area contributed by atoms with Gasteiger partial charge in [-0.2, -0.15) is 13.2 Å². The zero-order chi connectivity index (χ0) is 20.5. The molecule has 2 heterocycles. The first-order valence-corrected chi connectivity index (χ1v) is 10.6. The van der Waals surface area contributed by atoms with E-state index in [-0.39, 0.29) is 30.6 Å². The quantitative estimate of drug-likeness (QED) is 0.754. The molecule has 156 valence electrons. The Hall–Kier alpha value is -1.88. The number of hydrogen-bond acceptors (Lipinski definition) is 4. The predicted octanol–water partition coefficient (Wildman–Crippen LogP) is 3.04. The second kappa shape index (κ2) is 7.86. The first-order valence-electron chi connectivity index (χ1n) is 8.81. The summed E-state index contributed by atoms with van der Waals surface area (Å²) in [5.74, 6) is -1.33. The van der Waals surface area contributed by atoms with E-state index in [2.05, 4.69) is 5.32 Å². The maximum absolute atomic E-state index is 14.0. The number of halogens is 4. The lowest BCUT2D eigenvalue weighted by atomic mass is 10.1. The molecule has 0 bridgehead atoms. The highest BCUT2D eigenvalue weighted by molar-refractivity contribution is 7.91. The smallest absolute Gasteiger partial charge is 0.376 e. The molecule has 2 saturated heterocycles. The van der Waals surface area contributed by atoms with E-state index in [1.54, 1.807) is 0 Å². The average molecular weight is 424 g/mol. The number of alkyl halides is 3. The van der Waals surface area contributed by atoms with Crippen LogP contribution in [-0.2, 0) is 20.8 Å². The number of rotatable bonds is 4. The van der Waals surface area contributed by atoms with E-state index in [9.17, 15) is 30.8 Å². The van der Waals surface area contributed by atoms with Crippen molar-refractivity contribution in [2.24, 2.45) is 0 Å². The normalized spacial score (nSPS) is 24.3. The topological polar surface area (TPSA) is 75.7 Å². The number of sulfone groups is 1. The summed E-state index contributed by atoms with van der Waals surface area (Å²) < 4.78 is 81.7. The van der Waals surface area contributed by atoms with E-state index >= 15 is 0 Å². The Labute approximate surface area is 159 Å². The van der Waals surface area contributed by atoms with E-state index in [0.29, 0.717) is 31.2 Å². The van der Waals surface area contributed by atoms with Gasteiger partial charge < -0.3 is 15.0 Å². The predicted molar refractivity (Wildman–Crippen MR) is 93.2 cm³/mol. The van der Waals surface area contributed by atoms with Crippen molar-refractivity contribution in [3.63, 3.8) is 0 Å². The minimum atomic E-state index is -4.69. The lowest BCUT2D eigenvalue weighted by Gasteiger charge is -2.30. The Bertz CT molecular complexity index is 838. The Morgan fingerprint density at radius 2 is 2.04 bits per heavy atom. The molecule has 6 nitrogen and oxygen atoms in total. The van der Waals surface area contributed by atoms with Crippen molar-refractivity contribution in [1.29, 1.82) is 0 Å². The van der Waals surface area contributed by atoms with Gasteiger partial charge in [0.2, 0.25) is 0 Å². The van der Waals surface area contributed by atoms with Gasteiger partial charge >= 0.3 is 12.2 Å². The van der Waals surface area contributed by atoms with Gasteiger partial charge in [0.15, 0.2) is 9.84 Å². The number of anilines is 1. The summed E-state index contributed by atoms with van der Waals surface area (Å²) in [7, 11) is -3.30. The molecule has 1 aromatic rings. The molecule has 2 amide bonds. The summed E-state index contributed by atoms with van der Waals surface area (Å²) in [6.07, 6.45) is -3.29. The molecular formula is C17H20F4N2O4S. The van der Waals surface area contributed by atoms with Crippen molar-refractivity contribution >= 4 is 21.6 Å². The number of nitrogens with zero attached hydrogens (tertiary/aromatic N) is 1. The van der Waals surface area contributed by atoms with E-state index in [0.717, 1.165) is 6.42 Å². The number of ether oxygens (including phenoxy) is 1. The maximum Gasteiger partial charge on any atom is 0.416 e. The maximum atomic E-state index is 14.0. The summed E-state index contributed by atoms with van der Waals surface area (Å²) in [5, 5.41) is 2.16. The largest absolute Gasteiger partial charge is 0.416 e. The fraction of sp³-hybridized carbons (Fsp3) is 0.588. The van der Waals surface area contributed by atoms with E-state index in [4.69, 9.17) is 4.74 Å². The van der Waals surface area contributed by atoms with Crippen LogP contribution in [0.4, 0.5) is 28.0 Å². The van der Waals surface area contributed by atoms with Crippen LogP contribution in [0.2, 0.25) is 0 Å². The van der Waals surface area contributed by atoms with Crippen LogP contribution in [0.5, 0.6) is 0 Å². The molecule has 2 fully saturated rings. The van der Waals surface area contributed by atoms with Crippen LogP contribution in [0.1, 0.15) is 24.8 Å². The first-order chi connectivity index (χ1) is 13.0. The summed E-state index contributed by atoms with van der Waals surface area (Å²) in [6, 6.07) is 0.239. The molecule has 1 N–H and O–H groups in total. The van der Waals surface area contributed by atoms with Crippen LogP contribution < -0.4 is 5.32 Å². The van der Waals surface area contributed by atoms with Crippen molar-refractivity contribution in [2.75, 3.05) is 30.0 Å². The van der Waals surface area contributed by atoms with Gasteiger partial charge in [-0.25, -0.2) is 17.6 Å². The summed E-state index contributed by atoms with van der Waals surface area (Å²) in [4.78, 5) is 14.0. The Balaban J connectivity index is 1.81. The number of carbonyl (C=O) groups is 1. The highest BCUT2D eigenvalue weighted by atomic mass is 32.2. The van der Waals surface area contributed by atoms with Gasteiger partial charge in [0.25, 0.3) is 0 Å². The second-order valence-corrected chi connectivity index (χ2v) is 9.20. The minimum absolute atomic E-state index is 0.0785. The standard InChI is InChI=1S/C17H20F4N2O4S/c18-14-4-3-11(17(19,20)21)8-15(14)22-16(24)23(9-13-2-1-6-27-13)12-5-7-28(25,26)10-12/h3-4,8,12-13H,1-2,5-7,9-10H2,(H,22,24)/t12-,13+/m0/s1. The van der Waals surface area contributed by atoms with Crippen LogP contribution in [0, 0.1) is 5.82 Å². The zero-order valence-electron chi connectivity index (χ0n) is 14.8.